The third-order valence-electron chi connectivity index (χ3n) is 2.95. The van der Waals surface area contributed by atoms with E-state index < -0.39 is 18.2 Å². The van der Waals surface area contributed by atoms with Gasteiger partial charge in [0.15, 0.2) is 6.29 Å². The van der Waals surface area contributed by atoms with Gasteiger partial charge in [-0.05, 0) is 40.2 Å². The molecule has 7 nitrogen and oxygen atoms in total. The zero-order chi connectivity index (χ0) is 23.7. The first-order valence-corrected chi connectivity index (χ1v) is 9.15. The van der Waals surface area contributed by atoms with E-state index in [-0.39, 0.29) is 11.5 Å². The molecule has 7 heteroatoms. The Morgan fingerprint density at radius 3 is 1.77 bits per heavy atom. The fraction of sp³-hybridized carbons (Fsp3) is 0.348. The number of hydrogen-bond acceptors (Lipinski definition) is 6. The first-order chi connectivity index (χ1) is 13.9. The van der Waals surface area contributed by atoms with E-state index in [1.165, 1.54) is 6.92 Å². The zero-order valence-corrected chi connectivity index (χ0v) is 18.4. The second kappa shape index (κ2) is 16.7. The molecule has 0 saturated carbocycles. The summed E-state index contributed by atoms with van der Waals surface area (Å²) in [6.45, 7) is 19.1. The van der Waals surface area contributed by atoms with E-state index in [0.717, 1.165) is 5.56 Å². The van der Waals surface area contributed by atoms with Crippen LogP contribution in [-0.4, -0.2) is 35.9 Å². The summed E-state index contributed by atoms with van der Waals surface area (Å²) in [4.78, 5) is 31.4. The van der Waals surface area contributed by atoms with Crippen LogP contribution in [0, 0.1) is 0 Å². The highest BCUT2D eigenvalue weighted by molar-refractivity contribution is 5.87. The molecule has 1 N–H and O–H groups in total. The van der Waals surface area contributed by atoms with Crippen molar-refractivity contribution in [1.82, 2.24) is 0 Å². The molecule has 1 rings (SSSR count). The number of carboxylic acid groups (broad SMARTS) is 1. The Bertz CT molecular complexity index is 708. The molecule has 0 aromatic heterocycles. The largest absolute Gasteiger partial charge is 0.478 e. The van der Waals surface area contributed by atoms with Crippen molar-refractivity contribution in [2.45, 2.75) is 47.5 Å². The van der Waals surface area contributed by atoms with Crippen molar-refractivity contribution in [1.29, 1.82) is 0 Å². The van der Waals surface area contributed by atoms with Gasteiger partial charge in [0.1, 0.15) is 6.61 Å². The highest BCUT2D eigenvalue weighted by Gasteiger charge is 2.08. The average molecular weight is 421 g/mol. The summed E-state index contributed by atoms with van der Waals surface area (Å²) < 4.78 is 14.7. The van der Waals surface area contributed by atoms with Gasteiger partial charge in [-0.25, -0.2) is 14.4 Å². The Hall–Kier alpha value is -3.19. The van der Waals surface area contributed by atoms with Gasteiger partial charge in [0.05, 0.1) is 0 Å². The summed E-state index contributed by atoms with van der Waals surface area (Å²) in [5, 5.41) is 7.89. The number of esters is 2. The van der Waals surface area contributed by atoms with Crippen LogP contribution in [-0.2, 0) is 35.2 Å². The first-order valence-electron chi connectivity index (χ1n) is 9.15. The van der Waals surface area contributed by atoms with Gasteiger partial charge >= 0.3 is 17.9 Å². The zero-order valence-electron chi connectivity index (χ0n) is 18.4. The predicted octanol–water partition coefficient (Wildman–Crippen LogP) is 4.44. The smallest absolute Gasteiger partial charge is 0.335 e. The first kappa shape index (κ1) is 29.0. The molecule has 0 radical (unpaired) electrons. The fourth-order valence-corrected chi connectivity index (χ4v) is 1.37. The van der Waals surface area contributed by atoms with Crippen LogP contribution in [0.5, 0.6) is 0 Å². The van der Waals surface area contributed by atoms with Gasteiger partial charge in [-0.15, -0.1) is 0 Å². The minimum absolute atomic E-state index is 0.176. The van der Waals surface area contributed by atoms with Gasteiger partial charge in [0.25, 0.3) is 0 Å². The van der Waals surface area contributed by atoms with Gasteiger partial charge < -0.3 is 19.3 Å². The number of rotatable bonds is 8. The highest BCUT2D eigenvalue weighted by atomic mass is 16.7. The van der Waals surface area contributed by atoms with Crippen molar-refractivity contribution in [2.24, 2.45) is 0 Å². The van der Waals surface area contributed by atoms with Gasteiger partial charge in [-0.3, -0.25) is 0 Å². The minimum atomic E-state index is -0.935. The lowest BCUT2D eigenvalue weighted by molar-refractivity contribution is -0.169. The van der Waals surface area contributed by atoms with Gasteiger partial charge in [-0.2, -0.15) is 0 Å². The van der Waals surface area contributed by atoms with Crippen molar-refractivity contribution in [3.05, 3.63) is 72.4 Å². The van der Waals surface area contributed by atoms with Crippen molar-refractivity contribution in [2.75, 3.05) is 6.61 Å². The molecular weight excluding hydrogens is 388 g/mol. The fourth-order valence-electron chi connectivity index (χ4n) is 1.37. The van der Waals surface area contributed by atoms with Crippen molar-refractivity contribution < 1.29 is 33.7 Å². The van der Waals surface area contributed by atoms with Crippen LogP contribution in [0.25, 0.3) is 0 Å². The van der Waals surface area contributed by atoms with Crippen molar-refractivity contribution >= 4 is 17.9 Å². The molecule has 166 valence electrons. The molecule has 0 aliphatic heterocycles. The maximum atomic E-state index is 11.0. The lowest BCUT2D eigenvalue weighted by Crippen LogP contribution is -2.18. The number of ether oxygens (including phenoxy) is 3. The Labute approximate surface area is 178 Å². The molecule has 1 aromatic rings. The lowest BCUT2D eigenvalue weighted by atomic mass is 10.2. The summed E-state index contributed by atoms with van der Waals surface area (Å²) in [6.07, 6.45) is -0.482. The Morgan fingerprint density at radius 2 is 1.40 bits per heavy atom. The van der Waals surface area contributed by atoms with Crippen LogP contribution >= 0.6 is 0 Å². The van der Waals surface area contributed by atoms with Crippen molar-refractivity contribution in [3.63, 3.8) is 0 Å². The summed E-state index contributed by atoms with van der Waals surface area (Å²) >= 11 is 0. The average Bonchev–Trinajstić information content (AvgIpc) is 2.67. The number of aliphatic carboxylic acids is 1. The number of carboxylic acids is 1. The number of hydrogen-bond donors (Lipinski definition) is 1. The molecule has 0 spiro atoms. The number of benzene rings is 1. The Morgan fingerprint density at radius 1 is 0.933 bits per heavy atom. The summed E-state index contributed by atoms with van der Waals surface area (Å²) in [5.74, 6) is -1.69. The van der Waals surface area contributed by atoms with Gasteiger partial charge in [-0.1, -0.05) is 50.1 Å². The third-order valence-corrected chi connectivity index (χ3v) is 2.95. The monoisotopic (exact) mass is 420 g/mol. The lowest BCUT2D eigenvalue weighted by Gasteiger charge is -2.11. The SMILES string of the molecule is C=C(C)C(=O)O.C=C(C)C(=O)OC(C)OCC.C=C(C)C(=O)OCc1ccccc1. The molecule has 0 aliphatic rings. The van der Waals surface area contributed by atoms with E-state index in [1.54, 1.807) is 20.8 Å². The molecule has 1 atom stereocenters. The van der Waals surface area contributed by atoms with Crippen LogP contribution < -0.4 is 0 Å². The van der Waals surface area contributed by atoms with E-state index in [9.17, 15) is 14.4 Å². The second-order valence-corrected chi connectivity index (χ2v) is 6.14. The third kappa shape index (κ3) is 16.9. The summed E-state index contributed by atoms with van der Waals surface area (Å²) in [6, 6.07) is 9.55. The van der Waals surface area contributed by atoms with Crippen LogP contribution in [0.15, 0.2) is 66.8 Å². The van der Waals surface area contributed by atoms with Crippen LogP contribution in [0.4, 0.5) is 0 Å². The second-order valence-electron chi connectivity index (χ2n) is 6.14. The standard InChI is InChI=1S/C11H12O2.C8H14O3.C4H6O2/c1-9(2)11(12)13-8-10-6-4-3-5-7-10;1-5-10-7(4)11-8(9)6(2)3;1-3(2)4(5)6/h3-7H,1,8H2,2H3;7H,2,5H2,1,3-4H3;1H2,2H3,(H,5,6). The minimum Gasteiger partial charge on any atom is -0.478 e. The van der Waals surface area contributed by atoms with Crippen LogP contribution in [0.2, 0.25) is 0 Å². The van der Waals surface area contributed by atoms with Crippen LogP contribution in [0.1, 0.15) is 40.2 Å². The predicted molar refractivity (Wildman–Crippen MR) is 115 cm³/mol. The summed E-state index contributed by atoms with van der Waals surface area (Å²) in [7, 11) is 0. The molecule has 0 fully saturated rings. The quantitative estimate of drug-likeness (QED) is 0.377. The van der Waals surface area contributed by atoms with Gasteiger partial charge in [0, 0.05) is 23.3 Å². The summed E-state index contributed by atoms with van der Waals surface area (Å²) in [5.41, 5.74) is 1.97. The highest BCUT2D eigenvalue weighted by Crippen LogP contribution is 2.02. The van der Waals surface area contributed by atoms with E-state index >= 15 is 0 Å². The van der Waals surface area contributed by atoms with E-state index in [0.29, 0.717) is 24.4 Å². The molecule has 0 saturated heterocycles. The van der Waals surface area contributed by atoms with Crippen molar-refractivity contribution in [3.8, 4) is 0 Å². The maximum absolute atomic E-state index is 11.0. The molecule has 0 bridgehead atoms. The molecule has 1 unspecified atom stereocenters. The molecule has 0 aliphatic carbocycles. The normalized spacial score (nSPS) is 10.0. The maximum Gasteiger partial charge on any atom is 0.335 e. The van der Waals surface area contributed by atoms with E-state index in [2.05, 4.69) is 19.7 Å². The Kier molecular flexibility index (Phi) is 16.2. The van der Waals surface area contributed by atoms with E-state index in [1.807, 2.05) is 37.3 Å². The topological polar surface area (TPSA) is 99.1 Å². The molecule has 0 amide bonds. The molecular formula is C23H32O7. The Balaban J connectivity index is 0. The van der Waals surface area contributed by atoms with Crippen LogP contribution in [0.3, 0.4) is 0 Å². The number of carbonyl (C=O) groups excluding carboxylic acids is 2. The van der Waals surface area contributed by atoms with E-state index in [4.69, 9.17) is 19.3 Å². The molecule has 30 heavy (non-hydrogen) atoms. The molecule has 0 heterocycles. The molecule has 1 aromatic carbocycles. The number of carbonyl (C=O) groups is 3. The van der Waals surface area contributed by atoms with Gasteiger partial charge in [0.2, 0.25) is 0 Å².